The van der Waals surface area contributed by atoms with Crippen LogP contribution in [0.4, 0.5) is 0 Å². The minimum atomic E-state index is 0.258. The van der Waals surface area contributed by atoms with E-state index in [4.69, 9.17) is 5.73 Å². The normalized spacial score (nSPS) is 22.1. The van der Waals surface area contributed by atoms with Crippen LogP contribution in [0.5, 0.6) is 0 Å². The largest absolute Gasteiger partial charge is 0.327 e. The second-order valence-corrected chi connectivity index (χ2v) is 7.46. The van der Waals surface area contributed by atoms with E-state index in [-0.39, 0.29) is 6.04 Å². The van der Waals surface area contributed by atoms with Gasteiger partial charge >= 0.3 is 0 Å². The number of nitrogens with two attached hydrogens (primary N) is 1. The van der Waals surface area contributed by atoms with Gasteiger partial charge in [-0.25, -0.2) is 0 Å². The first-order valence-electron chi connectivity index (χ1n) is 7.56. The van der Waals surface area contributed by atoms with E-state index in [1.165, 1.54) is 24.1 Å². The molecule has 1 aromatic heterocycles. The van der Waals surface area contributed by atoms with Gasteiger partial charge in [-0.3, -0.25) is 4.98 Å². The Kier molecular flexibility index (Phi) is 4.29. The molecule has 0 aromatic carbocycles. The van der Waals surface area contributed by atoms with Crippen molar-refractivity contribution in [1.29, 1.82) is 0 Å². The molecule has 2 rings (SSSR count). The Labute approximate surface area is 117 Å². The highest BCUT2D eigenvalue weighted by Gasteiger charge is 2.30. The Morgan fingerprint density at radius 1 is 1.42 bits per heavy atom. The van der Waals surface area contributed by atoms with Gasteiger partial charge in [0.2, 0.25) is 0 Å². The number of rotatable bonds is 4. The Balaban J connectivity index is 1.96. The summed E-state index contributed by atoms with van der Waals surface area (Å²) in [5.41, 5.74) is 9.54. The number of pyridine rings is 1. The van der Waals surface area contributed by atoms with Crippen LogP contribution in [0.3, 0.4) is 0 Å². The van der Waals surface area contributed by atoms with Crippen LogP contribution >= 0.6 is 0 Å². The lowest BCUT2D eigenvalue weighted by molar-refractivity contribution is 0.277. The van der Waals surface area contributed by atoms with Crippen LogP contribution in [0, 0.1) is 11.3 Å². The maximum Gasteiger partial charge on any atom is 0.0482 e. The Bertz CT molecular complexity index is 420. The fourth-order valence-corrected chi connectivity index (χ4v) is 3.62. The molecule has 3 atom stereocenters. The van der Waals surface area contributed by atoms with Gasteiger partial charge in [0.15, 0.2) is 0 Å². The summed E-state index contributed by atoms with van der Waals surface area (Å²) in [4.78, 5) is 4.56. The molecule has 0 fully saturated rings. The predicted octanol–water partition coefficient (Wildman–Crippen LogP) is 3.90. The van der Waals surface area contributed by atoms with Crippen molar-refractivity contribution in [2.45, 2.75) is 65.3 Å². The van der Waals surface area contributed by atoms with Gasteiger partial charge in [-0.2, -0.15) is 0 Å². The van der Waals surface area contributed by atoms with E-state index >= 15 is 0 Å². The highest BCUT2D eigenvalue weighted by atomic mass is 14.8. The van der Waals surface area contributed by atoms with E-state index in [1.807, 2.05) is 12.3 Å². The van der Waals surface area contributed by atoms with Crippen LogP contribution in [0.1, 0.15) is 64.1 Å². The lowest BCUT2D eigenvalue weighted by Crippen LogP contribution is -2.30. The summed E-state index contributed by atoms with van der Waals surface area (Å²) in [7, 11) is 0. The molecule has 1 aliphatic carbocycles. The summed E-state index contributed by atoms with van der Waals surface area (Å²) in [5, 5.41) is 0. The lowest BCUT2D eigenvalue weighted by Gasteiger charge is -2.27. The van der Waals surface area contributed by atoms with Gasteiger partial charge in [0.1, 0.15) is 0 Å². The number of fused-ring (bicyclic) bond motifs is 1. The summed E-state index contributed by atoms with van der Waals surface area (Å²) >= 11 is 0. The molecule has 0 spiro atoms. The number of nitrogens with zero attached hydrogens (tertiary/aromatic N) is 1. The number of aromatic nitrogens is 1. The molecule has 0 saturated carbocycles. The zero-order valence-electron chi connectivity index (χ0n) is 12.8. The van der Waals surface area contributed by atoms with Crippen molar-refractivity contribution in [3.05, 3.63) is 29.6 Å². The molecule has 106 valence electrons. The molecular formula is C17H28N2. The predicted molar refractivity (Wildman–Crippen MR) is 81.1 cm³/mol. The smallest absolute Gasteiger partial charge is 0.0482 e. The van der Waals surface area contributed by atoms with E-state index in [9.17, 15) is 0 Å². The van der Waals surface area contributed by atoms with Crippen molar-refractivity contribution < 1.29 is 0 Å². The third kappa shape index (κ3) is 3.79. The summed E-state index contributed by atoms with van der Waals surface area (Å²) < 4.78 is 0. The second-order valence-electron chi connectivity index (χ2n) is 7.46. The maximum absolute atomic E-state index is 6.47. The van der Waals surface area contributed by atoms with Crippen molar-refractivity contribution >= 4 is 0 Å². The van der Waals surface area contributed by atoms with Gasteiger partial charge in [0.25, 0.3) is 0 Å². The van der Waals surface area contributed by atoms with Gasteiger partial charge in [-0.15, -0.1) is 0 Å². The molecule has 2 N–H and O–H groups in total. The minimum Gasteiger partial charge on any atom is -0.327 e. The third-order valence-corrected chi connectivity index (χ3v) is 4.15. The van der Waals surface area contributed by atoms with Crippen LogP contribution in [-0.4, -0.2) is 11.0 Å². The Hall–Kier alpha value is -0.890. The zero-order valence-corrected chi connectivity index (χ0v) is 12.8. The summed E-state index contributed by atoms with van der Waals surface area (Å²) in [6, 6.07) is 4.50. The van der Waals surface area contributed by atoms with E-state index in [0.717, 1.165) is 12.8 Å². The van der Waals surface area contributed by atoms with Crippen LogP contribution < -0.4 is 5.73 Å². The summed E-state index contributed by atoms with van der Waals surface area (Å²) in [5.74, 6) is 1.15. The molecule has 1 aromatic rings. The Morgan fingerprint density at radius 3 is 2.84 bits per heavy atom. The third-order valence-electron chi connectivity index (χ3n) is 4.15. The average molecular weight is 260 g/mol. The zero-order chi connectivity index (χ0) is 14.0. The maximum atomic E-state index is 6.47. The number of aryl methyl sites for hydroxylation is 1. The number of hydrogen-bond acceptors (Lipinski definition) is 2. The van der Waals surface area contributed by atoms with Crippen molar-refractivity contribution in [3.8, 4) is 0 Å². The first kappa shape index (κ1) is 14.5. The van der Waals surface area contributed by atoms with Crippen LogP contribution in [0.25, 0.3) is 0 Å². The molecule has 1 aliphatic rings. The molecule has 0 radical (unpaired) electrons. The van der Waals surface area contributed by atoms with Crippen molar-refractivity contribution in [2.24, 2.45) is 17.1 Å². The Morgan fingerprint density at radius 2 is 2.16 bits per heavy atom. The monoisotopic (exact) mass is 260 g/mol. The topological polar surface area (TPSA) is 38.9 Å². The van der Waals surface area contributed by atoms with Gasteiger partial charge in [0, 0.05) is 23.9 Å². The first-order valence-corrected chi connectivity index (χ1v) is 7.56. The fraction of sp³-hybridized carbons (Fsp3) is 0.706. The molecule has 2 nitrogen and oxygen atoms in total. The fourth-order valence-electron chi connectivity index (χ4n) is 3.62. The van der Waals surface area contributed by atoms with Crippen molar-refractivity contribution in [2.75, 3.05) is 0 Å². The molecule has 19 heavy (non-hydrogen) atoms. The first-order chi connectivity index (χ1) is 8.87. The van der Waals surface area contributed by atoms with Crippen LogP contribution in [0.15, 0.2) is 18.3 Å². The SMILES string of the molecule is CC(CC(N)C1CCc2cccnc21)CC(C)(C)C. The average Bonchev–Trinajstić information content (AvgIpc) is 2.69. The molecule has 1 heterocycles. The van der Waals surface area contributed by atoms with Gasteiger partial charge < -0.3 is 5.73 Å². The van der Waals surface area contributed by atoms with E-state index < -0.39 is 0 Å². The highest BCUT2D eigenvalue weighted by Crippen LogP contribution is 2.36. The molecular weight excluding hydrogens is 232 g/mol. The molecule has 0 saturated heterocycles. The molecule has 0 aliphatic heterocycles. The number of hydrogen-bond donors (Lipinski definition) is 1. The summed E-state index contributed by atoms with van der Waals surface area (Å²) in [6.45, 7) is 9.25. The lowest BCUT2D eigenvalue weighted by atomic mass is 9.81. The van der Waals surface area contributed by atoms with E-state index in [1.54, 1.807) is 0 Å². The van der Waals surface area contributed by atoms with Crippen molar-refractivity contribution in [3.63, 3.8) is 0 Å². The molecule has 2 heteroatoms. The minimum absolute atomic E-state index is 0.258. The van der Waals surface area contributed by atoms with Crippen LogP contribution in [-0.2, 0) is 6.42 Å². The standard InChI is InChI=1S/C17H28N2/c1-12(11-17(2,3)4)10-15(18)14-8-7-13-6-5-9-19-16(13)14/h5-6,9,12,14-15H,7-8,10-11,18H2,1-4H3. The quantitative estimate of drug-likeness (QED) is 0.891. The summed E-state index contributed by atoms with van der Waals surface area (Å²) in [6.07, 6.45) is 6.58. The van der Waals surface area contributed by atoms with Crippen LogP contribution in [0.2, 0.25) is 0 Å². The molecule has 0 amide bonds. The second kappa shape index (κ2) is 5.62. The van der Waals surface area contributed by atoms with Gasteiger partial charge in [-0.1, -0.05) is 33.8 Å². The van der Waals surface area contributed by atoms with Gasteiger partial charge in [-0.05, 0) is 48.6 Å². The molecule has 3 unspecified atom stereocenters. The van der Waals surface area contributed by atoms with Gasteiger partial charge in [0.05, 0.1) is 0 Å². The van der Waals surface area contributed by atoms with Crippen molar-refractivity contribution in [1.82, 2.24) is 4.98 Å². The van der Waals surface area contributed by atoms with E-state index in [2.05, 4.69) is 38.7 Å². The van der Waals surface area contributed by atoms with E-state index in [0.29, 0.717) is 17.3 Å². The highest BCUT2D eigenvalue weighted by molar-refractivity contribution is 5.29. The molecule has 0 bridgehead atoms.